The Balaban J connectivity index is 1.49. The van der Waals surface area contributed by atoms with Crippen LogP contribution in [0.5, 0.6) is 0 Å². The van der Waals surface area contributed by atoms with E-state index in [2.05, 4.69) is 0 Å². The number of halogens is 1. The molecule has 2 fully saturated rings. The number of carbonyl (C=O) groups is 3. The zero-order chi connectivity index (χ0) is 22.3. The number of ketones is 1. The first-order valence-corrected chi connectivity index (χ1v) is 11.2. The van der Waals surface area contributed by atoms with Gasteiger partial charge in [-0.15, -0.1) is 11.8 Å². The maximum Gasteiger partial charge on any atom is 0.330 e. The van der Waals surface area contributed by atoms with Gasteiger partial charge < -0.3 is 9.64 Å². The standard InChI is InChI=1S/C24H24FNO4S/c1-14-10-16(3)19(11-15(14)2)21(27)12-30-23(29)20-13-31-24(9-8-22(28)26(20)24)17-4-6-18(25)7-5-17/h4-7,10-11,20H,8-9,12-13H2,1-3H3/t20-,24-/m0/s1. The fourth-order valence-corrected chi connectivity index (χ4v) is 6.04. The molecule has 162 valence electrons. The Morgan fingerprint density at radius 3 is 2.52 bits per heavy atom. The number of fused-ring (bicyclic) bond motifs is 1. The summed E-state index contributed by atoms with van der Waals surface area (Å²) in [7, 11) is 0. The average Bonchev–Trinajstić information content (AvgIpc) is 3.28. The number of esters is 1. The zero-order valence-electron chi connectivity index (χ0n) is 17.7. The molecule has 0 bridgehead atoms. The van der Waals surface area contributed by atoms with Crippen molar-refractivity contribution in [3.63, 3.8) is 0 Å². The highest BCUT2D eigenvalue weighted by Crippen LogP contribution is 2.54. The molecule has 0 aromatic heterocycles. The van der Waals surface area contributed by atoms with Gasteiger partial charge in [0.05, 0.1) is 0 Å². The number of amides is 1. The van der Waals surface area contributed by atoms with Gasteiger partial charge in [-0.05, 0) is 67.6 Å². The number of aryl methyl sites for hydroxylation is 3. The first kappa shape index (κ1) is 21.6. The van der Waals surface area contributed by atoms with Gasteiger partial charge in [-0.1, -0.05) is 18.2 Å². The van der Waals surface area contributed by atoms with Crippen molar-refractivity contribution in [1.29, 1.82) is 0 Å². The van der Waals surface area contributed by atoms with Crippen molar-refractivity contribution in [1.82, 2.24) is 4.90 Å². The van der Waals surface area contributed by atoms with E-state index in [1.54, 1.807) is 17.0 Å². The number of nitrogens with zero attached hydrogens (tertiary/aromatic N) is 1. The summed E-state index contributed by atoms with van der Waals surface area (Å²) in [6.07, 6.45) is 0.863. The van der Waals surface area contributed by atoms with Crippen molar-refractivity contribution in [2.45, 2.75) is 44.5 Å². The molecule has 2 aromatic carbocycles. The minimum Gasteiger partial charge on any atom is -0.456 e. The summed E-state index contributed by atoms with van der Waals surface area (Å²) in [6, 6.07) is 9.04. The van der Waals surface area contributed by atoms with Crippen molar-refractivity contribution < 1.29 is 23.5 Å². The summed E-state index contributed by atoms with van der Waals surface area (Å²) < 4.78 is 18.8. The molecule has 4 rings (SSSR count). The van der Waals surface area contributed by atoms with Crippen molar-refractivity contribution in [3.8, 4) is 0 Å². The van der Waals surface area contributed by atoms with Gasteiger partial charge >= 0.3 is 5.97 Å². The second-order valence-electron chi connectivity index (χ2n) is 8.16. The van der Waals surface area contributed by atoms with Crippen molar-refractivity contribution in [2.24, 2.45) is 0 Å². The Morgan fingerprint density at radius 1 is 1.13 bits per heavy atom. The normalized spacial score (nSPS) is 22.5. The number of rotatable bonds is 5. The molecule has 0 unspecified atom stereocenters. The Hall–Kier alpha value is -2.67. The first-order valence-electron chi connectivity index (χ1n) is 10.2. The maximum atomic E-state index is 13.4. The number of Topliss-reactive ketones (excluding diaryl/α,β-unsaturated/α-hetero) is 1. The monoisotopic (exact) mass is 441 g/mol. The highest BCUT2D eigenvalue weighted by molar-refractivity contribution is 8.00. The molecule has 2 aliphatic heterocycles. The summed E-state index contributed by atoms with van der Waals surface area (Å²) >= 11 is 1.49. The van der Waals surface area contributed by atoms with Crippen molar-refractivity contribution in [2.75, 3.05) is 12.4 Å². The molecular formula is C24H24FNO4S. The van der Waals surface area contributed by atoms with E-state index < -0.39 is 16.9 Å². The van der Waals surface area contributed by atoms with E-state index in [1.807, 2.05) is 32.9 Å². The van der Waals surface area contributed by atoms with Gasteiger partial charge in [0, 0.05) is 17.7 Å². The summed E-state index contributed by atoms with van der Waals surface area (Å²) in [5.74, 6) is -0.958. The van der Waals surface area contributed by atoms with Gasteiger partial charge in [0.15, 0.2) is 6.61 Å². The van der Waals surface area contributed by atoms with E-state index in [9.17, 15) is 18.8 Å². The Kier molecular flexibility index (Phi) is 5.64. The molecule has 31 heavy (non-hydrogen) atoms. The summed E-state index contributed by atoms with van der Waals surface area (Å²) in [5, 5.41) is 0. The number of benzene rings is 2. The topological polar surface area (TPSA) is 63.7 Å². The number of carbonyl (C=O) groups excluding carboxylic acids is 3. The number of hydrogen-bond donors (Lipinski definition) is 0. The van der Waals surface area contributed by atoms with Crippen LogP contribution in [-0.4, -0.2) is 41.0 Å². The lowest BCUT2D eigenvalue weighted by Gasteiger charge is -2.33. The van der Waals surface area contributed by atoms with Gasteiger partial charge in [-0.2, -0.15) is 0 Å². The smallest absolute Gasteiger partial charge is 0.330 e. The van der Waals surface area contributed by atoms with Crippen molar-refractivity contribution >= 4 is 29.4 Å². The molecule has 2 atom stereocenters. The minimum atomic E-state index is -0.765. The number of hydrogen-bond acceptors (Lipinski definition) is 5. The summed E-state index contributed by atoms with van der Waals surface area (Å²) in [4.78, 5) is 39.1. The quantitative estimate of drug-likeness (QED) is 0.517. The number of ether oxygens (including phenoxy) is 1. The van der Waals surface area contributed by atoms with E-state index in [0.717, 1.165) is 22.3 Å². The van der Waals surface area contributed by atoms with Crippen molar-refractivity contribution in [3.05, 3.63) is 70.0 Å². The first-order chi connectivity index (χ1) is 14.7. The van der Waals surface area contributed by atoms with E-state index in [4.69, 9.17) is 4.74 Å². The van der Waals surface area contributed by atoms with Gasteiger partial charge in [-0.3, -0.25) is 9.59 Å². The molecule has 2 heterocycles. The van der Waals surface area contributed by atoms with Gasteiger partial charge in [0.2, 0.25) is 11.7 Å². The van der Waals surface area contributed by atoms with E-state index in [1.165, 1.54) is 23.9 Å². The zero-order valence-corrected chi connectivity index (χ0v) is 18.6. The second-order valence-corrected chi connectivity index (χ2v) is 9.46. The maximum absolute atomic E-state index is 13.4. The SMILES string of the molecule is Cc1cc(C)c(C(=O)COC(=O)[C@@H]2CS[C@]3(c4ccc(F)cc4)CCC(=O)N23)cc1C. The second kappa shape index (κ2) is 8.11. The van der Waals surface area contributed by atoms with Crippen LogP contribution in [0, 0.1) is 26.6 Å². The van der Waals surface area contributed by atoms with Gasteiger partial charge in [-0.25, -0.2) is 9.18 Å². The molecule has 0 N–H and O–H groups in total. The minimum absolute atomic E-state index is 0.132. The van der Waals surface area contributed by atoms with Crippen LogP contribution in [0.4, 0.5) is 4.39 Å². The fourth-order valence-electron chi connectivity index (χ4n) is 4.40. The molecule has 2 aliphatic rings. The predicted octanol–water partition coefficient (Wildman–Crippen LogP) is 4.07. The third-order valence-corrected chi connectivity index (χ3v) is 7.78. The average molecular weight is 442 g/mol. The molecule has 1 amide bonds. The van der Waals surface area contributed by atoms with Crippen LogP contribution in [0.15, 0.2) is 36.4 Å². The largest absolute Gasteiger partial charge is 0.456 e. The molecule has 0 aliphatic carbocycles. The molecular weight excluding hydrogens is 417 g/mol. The molecule has 2 aromatic rings. The molecule has 2 saturated heterocycles. The molecule has 0 spiro atoms. The Bertz CT molecular complexity index is 1070. The summed E-state index contributed by atoms with van der Waals surface area (Å²) in [5.41, 5.74) is 4.26. The third-order valence-electron chi connectivity index (χ3n) is 6.18. The number of thioether (sulfide) groups is 1. The highest BCUT2D eigenvalue weighted by Gasteiger charge is 2.57. The van der Waals surface area contributed by atoms with Crippen LogP contribution >= 0.6 is 11.8 Å². The lowest BCUT2D eigenvalue weighted by atomic mass is 9.98. The van der Waals surface area contributed by atoms with Gasteiger partial charge in [0.25, 0.3) is 0 Å². The van der Waals surface area contributed by atoms with Gasteiger partial charge in [0.1, 0.15) is 16.7 Å². The van der Waals surface area contributed by atoms with Crippen LogP contribution in [-0.2, 0) is 19.2 Å². The van der Waals surface area contributed by atoms with E-state index in [-0.39, 0.29) is 24.1 Å². The predicted molar refractivity (Wildman–Crippen MR) is 116 cm³/mol. The lowest BCUT2D eigenvalue weighted by Crippen LogP contribution is -2.47. The Morgan fingerprint density at radius 2 is 1.81 bits per heavy atom. The van der Waals surface area contributed by atoms with Crippen LogP contribution in [0.2, 0.25) is 0 Å². The van der Waals surface area contributed by atoms with Crippen LogP contribution in [0.25, 0.3) is 0 Å². The Labute approximate surface area is 185 Å². The fraction of sp³-hybridized carbons (Fsp3) is 0.375. The van der Waals surface area contributed by atoms with E-state index >= 15 is 0 Å². The van der Waals surface area contributed by atoms with Crippen LogP contribution in [0.3, 0.4) is 0 Å². The highest BCUT2D eigenvalue weighted by atomic mass is 32.2. The molecule has 0 saturated carbocycles. The third kappa shape index (κ3) is 3.76. The molecule has 5 nitrogen and oxygen atoms in total. The lowest BCUT2D eigenvalue weighted by molar-refractivity contribution is -0.152. The molecule has 0 radical (unpaired) electrons. The van der Waals surface area contributed by atoms with Crippen LogP contribution < -0.4 is 0 Å². The van der Waals surface area contributed by atoms with E-state index in [0.29, 0.717) is 24.2 Å². The summed E-state index contributed by atoms with van der Waals surface area (Å²) in [6.45, 7) is 5.40. The molecule has 7 heteroatoms. The van der Waals surface area contributed by atoms with Crippen LogP contribution in [0.1, 0.15) is 45.5 Å².